The molecular formula is C14H26N2O3. The number of nitrogens with one attached hydrogen (secondary N) is 1. The Morgan fingerprint density at radius 3 is 2.58 bits per heavy atom. The lowest BCUT2D eigenvalue weighted by atomic mass is 9.92. The molecule has 0 aromatic rings. The minimum Gasteiger partial charge on any atom is -0.480 e. The first-order chi connectivity index (χ1) is 8.88. The van der Waals surface area contributed by atoms with Gasteiger partial charge in [-0.3, -0.25) is 0 Å². The van der Waals surface area contributed by atoms with Crippen molar-refractivity contribution >= 4 is 12.0 Å². The first-order valence-corrected chi connectivity index (χ1v) is 7.18. The van der Waals surface area contributed by atoms with E-state index in [4.69, 9.17) is 0 Å². The summed E-state index contributed by atoms with van der Waals surface area (Å²) < 4.78 is 0. The molecule has 1 aliphatic rings. The molecule has 0 aromatic heterocycles. The van der Waals surface area contributed by atoms with E-state index in [0.717, 1.165) is 19.3 Å². The molecule has 1 rings (SSSR count). The van der Waals surface area contributed by atoms with Gasteiger partial charge in [-0.15, -0.1) is 0 Å². The van der Waals surface area contributed by atoms with Crippen LogP contribution in [-0.4, -0.2) is 40.6 Å². The molecule has 0 aliphatic carbocycles. The van der Waals surface area contributed by atoms with Crippen LogP contribution in [0.25, 0.3) is 0 Å². The van der Waals surface area contributed by atoms with Gasteiger partial charge in [-0.05, 0) is 31.6 Å². The van der Waals surface area contributed by atoms with E-state index in [1.807, 2.05) is 20.8 Å². The summed E-state index contributed by atoms with van der Waals surface area (Å²) >= 11 is 0. The smallest absolute Gasteiger partial charge is 0.326 e. The summed E-state index contributed by atoms with van der Waals surface area (Å²) in [5, 5.41) is 11.9. The maximum Gasteiger partial charge on any atom is 0.326 e. The molecule has 1 heterocycles. The van der Waals surface area contributed by atoms with Crippen molar-refractivity contribution in [2.75, 3.05) is 6.54 Å². The lowest BCUT2D eigenvalue weighted by Gasteiger charge is -2.38. The number of carboxylic acid groups (broad SMARTS) is 1. The summed E-state index contributed by atoms with van der Waals surface area (Å²) in [5.41, 5.74) is 0. The van der Waals surface area contributed by atoms with Gasteiger partial charge < -0.3 is 15.3 Å². The molecule has 110 valence electrons. The average molecular weight is 270 g/mol. The third kappa shape index (κ3) is 3.85. The fourth-order valence-corrected chi connectivity index (χ4v) is 2.52. The molecule has 4 atom stereocenters. The fraction of sp³-hybridized carbons (Fsp3) is 0.857. The van der Waals surface area contributed by atoms with Gasteiger partial charge in [-0.25, -0.2) is 9.59 Å². The molecule has 0 radical (unpaired) electrons. The normalized spacial score (nSPS) is 26.6. The molecule has 5 nitrogen and oxygen atoms in total. The second-order valence-corrected chi connectivity index (χ2v) is 5.70. The molecule has 0 spiro atoms. The van der Waals surface area contributed by atoms with E-state index in [9.17, 15) is 14.7 Å². The average Bonchev–Trinajstić information content (AvgIpc) is 2.37. The van der Waals surface area contributed by atoms with Gasteiger partial charge in [0, 0.05) is 12.6 Å². The zero-order chi connectivity index (χ0) is 14.6. The second-order valence-electron chi connectivity index (χ2n) is 5.70. The van der Waals surface area contributed by atoms with Crippen LogP contribution in [-0.2, 0) is 4.79 Å². The summed E-state index contributed by atoms with van der Waals surface area (Å²) in [6, 6.07) is -0.881. The Morgan fingerprint density at radius 1 is 1.42 bits per heavy atom. The molecule has 1 aliphatic heterocycles. The van der Waals surface area contributed by atoms with E-state index in [1.54, 1.807) is 4.90 Å². The minimum absolute atomic E-state index is 0.0704. The van der Waals surface area contributed by atoms with Crippen LogP contribution in [0.5, 0.6) is 0 Å². The van der Waals surface area contributed by atoms with Crippen LogP contribution in [0.3, 0.4) is 0 Å². The predicted molar refractivity (Wildman–Crippen MR) is 74.0 cm³/mol. The van der Waals surface area contributed by atoms with Crippen LogP contribution in [0.15, 0.2) is 0 Å². The highest BCUT2D eigenvalue weighted by Crippen LogP contribution is 2.23. The largest absolute Gasteiger partial charge is 0.480 e. The summed E-state index contributed by atoms with van der Waals surface area (Å²) in [5.74, 6) is -0.564. The van der Waals surface area contributed by atoms with Gasteiger partial charge in [0.05, 0.1) is 0 Å². The van der Waals surface area contributed by atoms with Crippen molar-refractivity contribution in [3.63, 3.8) is 0 Å². The highest BCUT2D eigenvalue weighted by atomic mass is 16.4. The second kappa shape index (κ2) is 6.78. The van der Waals surface area contributed by atoms with Gasteiger partial charge in [0.15, 0.2) is 0 Å². The van der Waals surface area contributed by atoms with E-state index in [0.29, 0.717) is 12.5 Å². The number of nitrogens with zero attached hydrogens (tertiary/aromatic N) is 1. The van der Waals surface area contributed by atoms with Crippen LogP contribution in [0.4, 0.5) is 4.79 Å². The van der Waals surface area contributed by atoms with Crippen LogP contribution in [0.1, 0.15) is 47.0 Å². The number of aliphatic carboxylic acids is 1. The molecular weight excluding hydrogens is 244 g/mol. The van der Waals surface area contributed by atoms with E-state index in [2.05, 4.69) is 12.2 Å². The van der Waals surface area contributed by atoms with E-state index in [-0.39, 0.29) is 18.0 Å². The van der Waals surface area contributed by atoms with E-state index >= 15 is 0 Å². The van der Waals surface area contributed by atoms with Gasteiger partial charge in [0.2, 0.25) is 0 Å². The Morgan fingerprint density at radius 2 is 2.05 bits per heavy atom. The molecule has 0 bridgehead atoms. The van der Waals surface area contributed by atoms with Gasteiger partial charge in [0.1, 0.15) is 6.04 Å². The van der Waals surface area contributed by atoms with Crippen LogP contribution < -0.4 is 5.32 Å². The topological polar surface area (TPSA) is 69.6 Å². The third-order valence-corrected chi connectivity index (χ3v) is 4.39. The minimum atomic E-state index is -0.958. The van der Waals surface area contributed by atoms with Crippen molar-refractivity contribution in [2.45, 2.75) is 59.0 Å². The number of hydrogen-bond donors (Lipinski definition) is 2. The van der Waals surface area contributed by atoms with Gasteiger partial charge in [-0.1, -0.05) is 27.2 Å². The van der Waals surface area contributed by atoms with Crippen molar-refractivity contribution in [3.05, 3.63) is 0 Å². The lowest BCUT2D eigenvalue weighted by molar-refractivity contribution is -0.140. The molecule has 2 unspecified atom stereocenters. The number of piperidine rings is 1. The monoisotopic (exact) mass is 270 g/mol. The Bertz CT molecular complexity index is 333. The number of amides is 2. The predicted octanol–water partition coefficient (Wildman–Crippen LogP) is 2.32. The molecule has 2 N–H and O–H groups in total. The lowest BCUT2D eigenvalue weighted by Crippen LogP contribution is -2.55. The van der Waals surface area contributed by atoms with Gasteiger partial charge in [0.25, 0.3) is 0 Å². The number of carboxylic acids is 1. The van der Waals surface area contributed by atoms with Crippen molar-refractivity contribution < 1.29 is 14.7 Å². The van der Waals surface area contributed by atoms with Gasteiger partial charge >= 0.3 is 12.0 Å². The van der Waals surface area contributed by atoms with Gasteiger partial charge in [-0.2, -0.15) is 0 Å². The third-order valence-electron chi connectivity index (χ3n) is 4.39. The molecule has 19 heavy (non-hydrogen) atoms. The Hall–Kier alpha value is -1.26. The summed E-state index contributed by atoms with van der Waals surface area (Å²) in [6.07, 6.45) is 2.84. The number of rotatable bonds is 4. The summed E-state index contributed by atoms with van der Waals surface area (Å²) in [7, 11) is 0. The highest BCUT2D eigenvalue weighted by Gasteiger charge is 2.32. The number of carbonyl (C=O) groups is 2. The molecule has 5 heteroatoms. The number of hydrogen-bond acceptors (Lipinski definition) is 2. The number of likely N-dealkylation sites (tertiary alicyclic amines) is 1. The summed E-state index contributed by atoms with van der Waals surface area (Å²) in [6.45, 7) is 8.65. The number of carbonyl (C=O) groups excluding carboxylic acids is 1. The molecule has 2 amide bonds. The molecule has 0 saturated carbocycles. The Kier molecular flexibility index (Phi) is 5.63. The molecule has 1 saturated heterocycles. The Balaban J connectivity index is 2.68. The highest BCUT2D eigenvalue weighted by molar-refractivity contribution is 5.83. The number of urea groups is 1. The standard InChI is InChI=1S/C14H26N2O3/c1-5-9(2)12(13(17)18)15-14(19)16-8-6-7-10(3)11(16)4/h9-12H,5-8H2,1-4H3,(H,15,19)(H,17,18)/t9-,10?,11?,12-/m0/s1. The summed E-state index contributed by atoms with van der Waals surface area (Å²) in [4.78, 5) is 25.2. The zero-order valence-electron chi connectivity index (χ0n) is 12.3. The van der Waals surface area contributed by atoms with E-state index < -0.39 is 12.0 Å². The van der Waals surface area contributed by atoms with Crippen LogP contribution in [0, 0.1) is 11.8 Å². The van der Waals surface area contributed by atoms with E-state index in [1.165, 1.54) is 0 Å². The first kappa shape index (κ1) is 15.8. The van der Waals surface area contributed by atoms with Crippen molar-refractivity contribution in [1.82, 2.24) is 10.2 Å². The van der Waals surface area contributed by atoms with Crippen LogP contribution >= 0.6 is 0 Å². The molecule has 0 aromatic carbocycles. The zero-order valence-corrected chi connectivity index (χ0v) is 12.3. The van der Waals surface area contributed by atoms with Crippen molar-refractivity contribution in [1.29, 1.82) is 0 Å². The molecule has 1 fully saturated rings. The fourth-order valence-electron chi connectivity index (χ4n) is 2.52. The maximum absolute atomic E-state index is 12.2. The maximum atomic E-state index is 12.2. The first-order valence-electron chi connectivity index (χ1n) is 7.18. The van der Waals surface area contributed by atoms with Crippen molar-refractivity contribution in [3.8, 4) is 0 Å². The van der Waals surface area contributed by atoms with Crippen LogP contribution in [0.2, 0.25) is 0 Å². The van der Waals surface area contributed by atoms with Crippen molar-refractivity contribution in [2.24, 2.45) is 11.8 Å². The SMILES string of the molecule is CC[C@H](C)[C@H](NC(=O)N1CCCC(C)C1C)C(=O)O. The Labute approximate surface area is 115 Å². The quantitative estimate of drug-likeness (QED) is 0.823.